The monoisotopic (exact) mass is 434 g/mol. The Bertz CT molecular complexity index is 1150. The first-order valence-electron chi connectivity index (χ1n) is 10.2. The third-order valence-electron chi connectivity index (χ3n) is 5.70. The van der Waals surface area contributed by atoms with Gasteiger partial charge in [-0.3, -0.25) is 9.78 Å². The lowest BCUT2D eigenvalue weighted by atomic mass is 9.94. The van der Waals surface area contributed by atoms with Crippen molar-refractivity contribution in [1.82, 2.24) is 10.3 Å². The number of benzene rings is 2. The fraction of sp³-hybridized carbons (Fsp3) is 0.292. The van der Waals surface area contributed by atoms with Crippen LogP contribution in [0.15, 0.2) is 48.7 Å². The molecule has 1 amide bonds. The Kier molecular flexibility index (Phi) is 6.24. The zero-order chi connectivity index (χ0) is 21.8. The Morgan fingerprint density at radius 3 is 2.81 bits per heavy atom. The molecule has 0 unspecified atom stereocenters. The Labute approximate surface area is 186 Å². The molecule has 0 radical (unpaired) electrons. The van der Waals surface area contributed by atoms with Crippen molar-refractivity contribution >= 4 is 34.1 Å². The lowest BCUT2D eigenvalue weighted by Crippen LogP contribution is -2.40. The SMILES string of the molecule is COc1ccc2ncc(C#N)c(N3CCC(C(=O)NCc4cccc(Cl)c4)CC3)c2c1. The molecule has 1 fully saturated rings. The van der Waals surface area contributed by atoms with Gasteiger partial charge in [0.15, 0.2) is 0 Å². The van der Waals surface area contributed by atoms with E-state index in [-0.39, 0.29) is 11.8 Å². The van der Waals surface area contributed by atoms with Gasteiger partial charge in [0, 0.05) is 42.2 Å². The maximum absolute atomic E-state index is 12.7. The minimum Gasteiger partial charge on any atom is -0.497 e. The predicted octanol–water partition coefficient (Wildman–Crippen LogP) is 4.30. The number of piperidine rings is 1. The van der Waals surface area contributed by atoms with Crippen LogP contribution in [0.2, 0.25) is 5.02 Å². The van der Waals surface area contributed by atoms with E-state index in [0.29, 0.717) is 30.2 Å². The van der Waals surface area contributed by atoms with Gasteiger partial charge in [-0.15, -0.1) is 0 Å². The molecular weight excluding hydrogens is 412 g/mol. The highest BCUT2D eigenvalue weighted by atomic mass is 35.5. The molecule has 1 aliphatic heterocycles. The fourth-order valence-electron chi connectivity index (χ4n) is 4.05. The van der Waals surface area contributed by atoms with Crippen LogP contribution < -0.4 is 15.0 Å². The van der Waals surface area contributed by atoms with Gasteiger partial charge < -0.3 is 15.0 Å². The molecule has 0 aliphatic carbocycles. The van der Waals surface area contributed by atoms with Gasteiger partial charge in [0.1, 0.15) is 11.8 Å². The van der Waals surface area contributed by atoms with E-state index < -0.39 is 0 Å². The highest BCUT2D eigenvalue weighted by Gasteiger charge is 2.27. The van der Waals surface area contributed by atoms with E-state index in [0.717, 1.165) is 40.7 Å². The molecule has 2 aromatic carbocycles. The Balaban J connectivity index is 1.46. The van der Waals surface area contributed by atoms with E-state index in [1.165, 1.54) is 0 Å². The molecule has 31 heavy (non-hydrogen) atoms. The van der Waals surface area contributed by atoms with Crippen molar-refractivity contribution in [2.75, 3.05) is 25.1 Å². The Hall–Kier alpha value is -3.30. The third-order valence-corrected chi connectivity index (χ3v) is 5.94. The van der Waals surface area contributed by atoms with Crippen LogP contribution in [-0.2, 0) is 11.3 Å². The van der Waals surface area contributed by atoms with E-state index in [2.05, 4.69) is 21.3 Å². The normalized spacial score (nSPS) is 14.3. The molecule has 6 nitrogen and oxygen atoms in total. The van der Waals surface area contributed by atoms with Crippen LogP contribution in [0.4, 0.5) is 5.69 Å². The largest absolute Gasteiger partial charge is 0.497 e. The topological polar surface area (TPSA) is 78.2 Å². The average molecular weight is 435 g/mol. The van der Waals surface area contributed by atoms with Crippen LogP contribution in [-0.4, -0.2) is 31.1 Å². The minimum atomic E-state index is -0.0522. The van der Waals surface area contributed by atoms with Gasteiger partial charge >= 0.3 is 0 Å². The standard InChI is InChI=1S/C24H23ClN4O2/c1-31-20-5-6-22-21(12-20)23(18(13-26)15-27-22)29-9-7-17(8-10-29)24(30)28-14-16-3-2-4-19(25)11-16/h2-6,11-12,15,17H,7-10,14H2,1H3,(H,28,30). The van der Waals surface area contributed by atoms with Gasteiger partial charge in [0.2, 0.25) is 5.91 Å². The predicted molar refractivity (Wildman–Crippen MR) is 121 cm³/mol. The van der Waals surface area contributed by atoms with Crippen molar-refractivity contribution in [1.29, 1.82) is 5.26 Å². The quantitative estimate of drug-likeness (QED) is 0.647. The summed E-state index contributed by atoms with van der Waals surface area (Å²) in [6, 6.07) is 15.4. The first-order valence-corrected chi connectivity index (χ1v) is 10.6. The zero-order valence-corrected chi connectivity index (χ0v) is 18.0. The number of amides is 1. The number of nitriles is 1. The number of anilines is 1. The number of rotatable bonds is 5. The molecule has 158 valence electrons. The molecule has 3 aromatic rings. The number of halogens is 1. The van der Waals surface area contributed by atoms with Crippen LogP contribution >= 0.6 is 11.6 Å². The number of carbonyl (C=O) groups excluding carboxylic acids is 1. The first kappa shape index (κ1) is 21.0. The first-order chi connectivity index (χ1) is 15.1. The molecule has 4 rings (SSSR count). The number of ether oxygens (including phenoxy) is 1. The summed E-state index contributed by atoms with van der Waals surface area (Å²) in [5.74, 6) is 0.728. The van der Waals surface area contributed by atoms with Crippen molar-refractivity contribution in [2.24, 2.45) is 5.92 Å². The zero-order valence-electron chi connectivity index (χ0n) is 17.3. The summed E-state index contributed by atoms with van der Waals surface area (Å²) in [6.07, 6.45) is 3.06. The highest BCUT2D eigenvalue weighted by molar-refractivity contribution is 6.30. The number of hydrogen-bond donors (Lipinski definition) is 1. The van der Waals surface area contributed by atoms with E-state index in [1.54, 1.807) is 13.3 Å². The molecule has 7 heteroatoms. The molecule has 1 saturated heterocycles. The van der Waals surface area contributed by atoms with E-state index in [4.69, 9.17) is 16.3 Å². The van der Waals surface area contributed by atoms with Crippen LogP contribution in [0, 0.1) is 17.2 Å². The summed E-state index contributed by atoms with van der Waals surface area (Å²) in [4.78, 5) is 19.3. The number of carbonyl (C=O) groups is 1. The second kappa shape index (κ2) is 9.23. The lowest BCUT2D eigenvalue weighted by molar-refractivity contribution is -0.125. The number of hydrogen-bond acceptors (Lipinski definition) is 5. The van der Waals surface area contributed by atoms with Gasteiger partial charge in [-0.05, 0) is 48.7 Å². The van der Waals surface area contributed by atoms with Crippen molar-refractivity contribution in [2.45, 2.75) is 19.4 Å². The van der Waals surface area contributed by atoms with E-state index in [1.807, 2.05) is 42.5 Å². The fourth-order valence-corrected chi connectivity index (χ4v) is 4.27. The second-order valence-electron chi connectivity index (χ2n) is 7.62. The van der Waals surface area contributed by atoms with Gasteiger partial charge in [-0.25, -0.2) is 0 Å². The van der Waals surface area contributed by atoms with Crippen LogP contribution in [0.1, 0.15) is 24.0 Å². The van der Waals surface area contributed by atoms with E-state index >= 15 is 0 Å². The van der Waals surface area contributed by atoms with Crippen molar-refractivity contribution in [3.63, 3.8) is 0 Å². The summed E-state index contributed by atoms with van der Waals surface area (Å²) in [7, 11) is 1.62. The van der Waals surface area contributed by atoms with Gasteiger partial charge in [0.05, 0.1) is 23.9 Å². The molecule has 1 aliphatic rings. The van der Waals surface area contributed by atoms with Crippen molar-refractivity contribution in [3.05, 3.63) is 64.8 Å². The number of pyridine rings is 1. The van der Waals surface area contributed by atoms with Gasteiger partial charge in [0.25, 0.3) is 0 Å². The van der Waals surface area contributed by atoms with Crippen molar-refractivity contribution < 1.29 is 9.53 Å². The molecule has 1 N–H and O–H groups in total. The number of nitrogens with one attached hydrogen (secondary N) is 1. The molecule has 0 spiro atoms. The number of fused-ring (bicyclic) bond motifs is 1. The maximum Gasteiger partial charge on any atom is 0.223 e. The van der Waals surface area contributed by atoms with Gasteiger partial charge in [-0.2, -0.15) is 5.26 Å². The Morgan fingerprint density at radius 2 is 2.10 bits per heavy atom. The maximum atomic E-state index is 12.7. The third kappa shape index (κ3) is 4.57. The second-order valence-corrected chi connectivity index (χ2v) is 8.06. The number of aromatic nitrogens is 1. The summed E-state index contributed by atoms with van der Waals surface area (Å²) in [5, 5.41) is 14.2. The van der Waals surface area contributed by atoms with Crippen molar-refractivity contribution in [3.8, 4) is 11.8 Å². The summed E-state index contributed by atoms with van der Waals surface area (Å²) >= 11 is 6.01. The lowest BCUT2D eigenvalue weighted by Gasteiger charge is -2.34. The molecule has 0 atom stereocenters. The number of methoxy groups -OCH3 is 1. The molecule has 1 aromatic heterocycles. The summed E-state index contributed by atoms with van der Waals surface area (Å²) in [6.45, 7) is 1.85. The highest BCUT2D eigenvalue weighted by Crippen LogP contribution is 2.34. The van der Waals surface area contributed by atoms with Crippen LogP contribution in [0.3, 0.4) is 0 Å². The molecule has 2 heterocycles. The molecule has 0 bridgehead atoms. The summed E-state index contributed by atoms with van der Waals surface area (Å²) < 4.78 is 5.37. The molecular formula is C24H23ClN4O2. The van der Waals surface area contributed by atoms with Crippen LogP contribution in [0.5, 0.6) is 5.75 Å². The molecule has 0 saturated carbocycles. The minimum absolute atomic E-state index is 0.0522. The number of nitrogens with zero attached hydrogens (tertiary/aromatic N) is 3. The smallest absolute Gasteiger partial charge is 0.223 e. The Morgan fingerprint density at radius 1 is 1.29 bits per heavy atom. The average Bonchev–Trinajstić information content (AvgIpc) is 2.81. The van der Waals surface area contributed by atoms with Crippen LogP contribution in [0.25, 0.3) is 10.9 Å². The summed E-state index contributed by atoms with van der Waals surface area (Å²) in [5.41, 5.74) is 3.19. The van der Waals surface area contributed by atoms with E-state index in [9.17, 15) is 10.1 Å². The van der Waals surface area contributed by atoms with Gasteiger partial charge in [-0.1, -0.05) is 23.7 Å².